The van der Waals surface area contributed by atoms with E-state index in [0.29, 0.717) is 13.0 Å². The van der Waals surface area contributed by atoms with Crippen LogP contribution in [0, 0.1) is 11.8 Å². The molecule has 0 saturated carbocycles. The first-order valence-electron chi connectivity index (χ1n) is 5.48. The molecule has 0 aromatic carbocycles. The van der Waals surface area contributed by atoms with E-state index in [9.17, 15) is 13.2 Å². The van der Waals surface area contributed by atoms with E-state index in [2.05, 4.69) is 0 Å². The molecular formula is C10H19NO4S. The highest BCUT2D eigenvalue weighted by molar-refractivity contribution is 7.89. The molecule has 2 unspecified atom stereocenters. The van der Waals surface area contributed by atoms with E-state index < -0.39 is 28.0 Å². The van der Waals surface area contributed by atoms with Crippen LogP contribution in [0.15, 0.2) is 0 Å². The van der Waals surface area contributed by atoms with Crippen LogP contribution in [-0.4, -0.2) is 42.1 Å². The number of carboxylic acid groups (broad SMARTS) is 1. The summed E-state index contributed by atoms with van der Waals surface area (Å²) in [5.41, 5.74) is 0. The summed E-state index contributed by atoms with van der Waals surface area (Å²) in [6.07, 6.45) is 0.411. The fourth-order valence-electron chi connectivity index (χ4n) is 2.15. The average Bonchev–Trinajstić information content (AvgIpc) is 2.44. The van der Waals surface area contributed by atoms with Crippen LogP contribution in [0.3, 0.4) is 0 Å². The van der Waals surface area contributed by atoms with Gasteiger partial charge in [-0.3, -0.25) is 4.79 Å². The molecule has 1 N–H and O–H groups in total. The molecule has 0 spiro atoms. The summed E-state index contributed by atoms with van der Waals surface area (Å²) in [6.45, 7) is 5.68. The molecule has 0 aromatic rings. The molecule has 1 rings (SSSR count). The SMILES string of the molecule is CC(C)CS(=O)(=O)N1CCC(C(=O)O)C1C. The Morgan fingerprint density at radius 3 is 2.44 bits per heavy atom. The van der Waals surface area contributed by atoms with E-state index in [1.54, 1.807) is 6.92 Å². The second-order valence-corrected chi connectivity index (χ2v) is 6.72. The third kappa shape index (κ3) is 2.74. The molecule has 1 heterocycles. The van der Waals surface area contributed by atoms with Crippen LogP contribution in [0.5, 0.6) is 0 Å². The average molecular weight is 249 g/mol. The van der Waals surface area contributed by atoms with Crippen molar-refractivity contribution in [1.82, 2.24) is 4.31 Å². The molecule has 0 bridgehead atoms. The second-order valence-electron chi connectivity index (χ2n) is 4.76. The lowest BCUT2D eigenvalue weighted by molar-refractivity contribution is -0.142. The van der Waals surface area contributed by atoms with Crippen LogP contribution >= 0.6 is 0 Å². The van der Waals surface area contributed by atoms with Gasteiger partial charge in [-0.15, -0.1) is 0 Å². The maximum Gasteiger partial charge on any atom is 0.308 e. The highest BCUT2D eigenvalue weighted by Gasteiger charge is 2.41. The molecule has 2 atom stereocenters. The van der Waals surface area contributed by atoms with E-state index >= 15 is 0 Å². The largest absolute Gasteiger partial charge is 0.481 e. The molecule has 16 heavy (non-hydrogen) atoms. The highest BCUT2D eigenvalue weighted by Crippen LogP contribution is 2.27. The van der Waals surface area contributed by atoms with Crippen molar-refractivity contribution in [2.75, 3.05) is 12.3 Å². The summed E-state index contributed by atoms with van der Waals surface area (Å²) < 4.78 is 25.2. The molecule has 0 aromatic heterocycles. The van der Waals surface area contributed by atoms with Gasteiger partial charge in [0.15, 0.2) is 0 Å². The first kappa shape index (κ1) is 13.4. The fourth-order valence-corrected chi connectivity index (χ4v) is 4.22. The van der Waals surface area contributed by atoms with Crippen molar-refractivity contribution in [2.45, 2.75) is 33.2 Å². The first-order chi connectivity index (χ1) is 7.25. The van der Waals surface area contributed by atoms with Crippen molar-refractivity contribution in [1.29, 1.82) is 0 Å². The molecule has 1 aliphatic heterocycles. The van der Waals surface area contributed by atoms with Gasteiger partial charge in [0.2, 0.25) is 10.0 Å². The van der Waals surface area contributed by atoms with Crippen molar-refractivity contribution in [2.24, 2.45) is 11.8 Å². The Morgan fingerprint density at radius 1 is 1.50 bits per heavy atom. The van der Waals surface area contributed by atoms with Crippen LogP contribution in [-0.2, 0) is 14.8 Å². The Kier molecular flexibility index (Phi) is 3.96. The Labute approximate surface area is 96.5 Å². The maximum absolute atomic E-state index is 12.0. The van der Waals surface area contributed by atoms with Gasteiger partial charge in [-0.2, -0.15) is 4.31 Å². The third-order valence-corrected chi connectivity index (χ3v) is 5.23. The summed E-state index contributed by atoms with van der Waals surface area (Å²) in [7, 11) is -3.30. The number of aliphatic carboxylic acids is 1. The van der Waals surface area contributed by atoms with E-state index in [1.165, 1.54) is 4.31 Å². The number of hydrogen-bond donors (Lipinski definition) is 1. The molecule has 6 heteroatoms. The Balaban J connectivity index is 2.81. The number of nitrogens with zero attached hydrogens (tertiary/aromatic N) is 1. The number of carbonyl (C=O) groups is 1. The summed E-state index contributed by atoms with van der Waals surface area (Å²) >= 11 is 0. The minimum atomic E-state index is -3.30. The van der Waals surface area contributed by atoms with Gasteiger partial charge in [-0.05, 0) is 19.3 Å². The van der Waals surface area contributed by atoms with Gasteiger partial charge in [-0.1, -0.05) is 13.8 Å². The van der Waals surface area contributed by atoms with Crippen LogP contribution in [0.25, 0.3) is 0 Å². The van der Waals surface area contributed by atoms with Crippen LogP contribution in [0.4, 0.5) is 0 Å². The Morgan fingerprint density at radius 2 is 2.06 bits per heavy atom. The van der Waals surface area contributed by atoms with E-state index in [1.807, 2.05) is 13.8 Å². The van der Waals surface area contributed by atoms with Crippen molar-refractivity contribution in [3.8, 4) is 0 Å². The standard InChI is InChI=1S/C10H19NO4S/c1-7(2)6-16(14,15)11-5-4-9(8(11)3)10(12)13/h7-9H,4-6H2,1-3H3,(H,12,13). The molecule has 1 fully saturated rings. The van der Waals surface area contributed by atoms with Gasteiger partial charge in [-0.25, -0.2) is 8.42 Å². The minimum Gasteiger partial charge on any atom is -0.481 e. The quantitative estimate of drug-likeness (QED) is 0.798. The Bertz CT molecular complexity index is 363. The molecular weight excluding hydrogens is 230 g/mol. The summed E-state index contributed by atoms with van der Waals surface area (Å²) in [5, 5.41) is 8.93. The normalized spacial score (nSPS) is 27.5. The number of rotatable bonds is 4. The van der Waals surface area contributed by atoms with Gasteiger partial charge in [0.25, 0.3) is 0 Å². The van der Waals surface area contributed by atoms with E-state index in [-0.39, 0.29) is 11.7 Å². The van der Waals surface area contributed by atoms with Gasteiger partial charge >= 0.3 is 5.97 Å². The zero-order chi connectivity index (χ0) is 12.5. The van der Waals surface area contributed by atoms with Gasteiger partial charge in [0.05, 0.1) is 11.7 Å². The van der Waals surface area contributed by atoms with Gasteiger partial charge in [0, 0.05) is 12.6 Å². The van der Waals surface area contributed by atoms with Crippen molar-refractivity contribution >= 4 is 16.0 Å². The molecule has 1 saturated heterocycles. The van der Waals surface area contributed by atoms with Crippen LogP contribution in [0.2, 0.25) is 0 Å². The Hall–Kier alpha value is -0.620. The first-order valence-corrected chi connectivity index (χ1v) is 7.09. The molecule has 0 aliphatic carbocycles. The van der Waals surface area contributed by atoms with E-state index in [4.69, 9.17) is 5.11 Å². The molecule has 1 aliphatic rings. The summed E-state index contributed by atoms with van der Waals surface area (Å²) in [5.74, 6) is -1.33. The molecule has 0 amide bonds. The predicted molar refractivity (Wildman–Crippen MR) is 60.5 cm³/mol. The van der Waals surface area contributed by atoms with E-state index in [0.717, 1.165) is 0 Å². The second kappa shape index (κ2) is 4.71. The lowest BCUT2D eigenvalue weighted by atomic mass is 10.0. The zero-order valence-electron chi connectivity index (χ0n) is 9.88. The van der Waals surface area contributed by atoms with Crippen LogP contribution < -0.4 is 0 Å². The smallest absolute Gasteiger partial charge is 0.308 e. The predicted octanol–water partition coefficient (Wildman–Crippen LogP) is 0.767. The van der Waals surface area contributed by atoms with Crippen molar-refractivity contribution in [3.63, 3.8) is 0 Å². The topological polar surface area (TPSA) is 74.7 Å². The summed E-state index contributed by atoms with van der Waals surface area (Å²) in [4.78, 5) is 10.9. The monoisotopic (exact) mass is 249 g/mol. The highest BCUT2D eigenvalue weighted by atomic mass is 32.2. The zero-order valence-corrected chi connectivity index (χ0v) is 10.7. The van der Waals surface area contributed by atoms with Crippen molar-refractivity contribution < 1.29 is 18.3 Å². The third-order valence-electron chi connectivity index (χ3n) is 2.92. The molecule has 94 valence electrons. The fraction of sp³-hybridized carbons (Fsp3) is 0.900. The van der Waals surface area contributed by atoms with Gasteiger partial charge < -0.3 is 5.11 Å². The minimum absolute atomic E-state index is 0.0566. The maximum atomic E-state index is 12.0. The lowest BCUT2D eigenvalue weighted by Crippen LogP contribution is -2.39. The lowest BCUT2D eigenvalue weighted by Gasteiger charge is -2.23. The number of carboxylic acids is 1. The summed E-state index contributed by atoms with van der Waals surface area (Å²) in [6, 6.07) is -0.429. The van der Waals surface area contributed by atoms with Crippen molar-refractivity contribution in [3.05, 3.63) is 0 Å². The molecule has 0 radical (unpaired) electrons. The van der Waals surface area contributed by atoms with Crippen LogP contribution in [0.1, 0.15) is 27.2 Å². The number of sulfonamides is 1. The number of hydrogen-bond acceptors (Lipinski definition) is 3. The van der Waals surface area contributed by atoms with Gasteiger partial charge in [0.1, 0.15) is 0 Å². The molecule has 5 nitrogen and oxygen atoms in total.